The number of aliphatic carboxylic acids is 1. The third-order valence-electron chi connectivity index (χ3n) is 3.50. The maximum Gasteiger partial charge on any atom is 0.338 e. The van der Waals surface area contributed by atoms with Crippen LogP contribution >= 0.6 is 0 Å². The second-order valence-electron chi connectivity index (χ2n) is 4.78. The summed E-state index contributed by atoms with van der Waals surface area (Å²) in [5.41, 5.74) is 1.93. The van der Waals surface area contributed by atoms with Crippen molar-refractivity contribution in [3.8, 4) is 0 Å². The van der Waals surface area contributed by atoms with Crippen LogP contribution in [0.2, 0.25) is 0 Å². The molecule has 1 aliphatic heterocycles. The van der Waals surface area contributed by atoms with Crippen molar-refractivity contribution in [2.75, 3.05) is 6.61 Å². The van der Waals surface area contributed by atoms with E-state index in [1.54, 1.807) is 0 Å². The van der Waals surface area contributed by atoms with Gasteiger partial charge in [0.2, 0.25) is 0 Å². The van der Waals surface area contributed by atoms with Crippen LogP contribution in [0.25, 0.3) is 0 Å². The van der Waals surface area contributed by atoms with E-state index in [1.165, 1.54) is 0 Å². The predicted molar refractivity (Wildman–Crippen MR) is 67.3 cm³/mol. The summed E-state index contributed by atoms with van der Waals surface area (Å²) in [6.07, 6.45) is 4.76. The number of esters is 1. The molecule has 1 unspecified atom stereocenters. The summed E-state index contributed by atoms with van der Waals surface area (Å²) in [6.45, 7) is 2.69. The van der Waals surface area contributed by atoms with E-state index in [0.717, 1.165) is 31.1 Å². The maximum absolute atomic E-state index is 11.7. The number of carboxylic acid groups (broad SMARTS) is 1. The lowest BCUT2D eigenvalue weighted by Crippen LogP contribution is -2.15. The molecule has 19 heavy (non-hydrogen) atoms. The van der Waals surface area contributed by atoms with Gasteiger partial charge in [-0.15, -0.1) is 0 Å². The summed E-state index contributed by atoms with van der Waals surface area (Å²) in [6, 6.07) is 0. The largest absolute Gasteiger partial charge is 0.478 e. The van der Waals surface area contributed by atoms with Crippen LogP contribution in [0.1, 0.15) is 39.0 Å². The van der Waals surface area contributed by atoms with Crippen LogP contribution in [0.4, 0.5) is 0 Å². The zero-order chi connectivity index (χ0) is 13.8. The smallest absolute Gasteiger partial charge is 0.338 e. The van der Waals surface area contributed by atoms with E-state index in [2.05, 4.69) is 0 Å². The van der Waals surface area contributed by atoms with Gasteiger partial charge in [-0.25, -0.2) is 9.59 Å². The van der Waals surface area contributed by atoms with Crippen molar-refractivity contribution in [1.29, 1.82) is 0 Å². The first kappa shape index (κ1) is 13.8. The molecular formula is C14H18O5. The van der Waals surface area contributed by atoms with Gasteiger partial charge in [0, 0.05) is 5.57 Å². The van der Waals surface area contributed by atoms with E-state index in [4.69, 9.17) is 14.6 Å². The Bertz CT molecular complexity index is 443. The van der Waals surface area contributed by atoms with Gasteiger partial charge in [-0.2, -0.15) is 0 Å². The fourth-order valence-corrected chi connectivity index (χ4v) is 2.03. The van der Waals surface area contributed by atoms with Crippen LogP contribution in [-0.4, -0.2) is 29.8 Å². The highest BCUT2D eigenvalue weighted by molar-refractivity contribution is 5.92. The molecule has 0 spiro atoms. The van der Waals surface area contributed by atoms with Gasteiger partial charge in [0.15, 0.2) is 0 Å². The lowest BCUT2D eigenvalue weighted by Gasteiger charge is -2.20. The van der Waals surface area contributed by atoms with E-state index in [1.807, 2.05) is 6.92 Å². The molecule has 2 rings (SSSR count). The zero-order valence-electron chi connectivity index (χ0n) is 11.0. The van der Waals surface area contributed by atoms with E-state index in [9.17, 15) is 9.59 Å². The number of hydrogen-bond acceptors (Lipinski definition) is 4. The Morgan fingerprint density at radius 1 is 1.47 bits per heavy atom. The third-order valence-corrected chi connectivity index (χ3v) is 3.50. The molecule has 1 atom stereocenters. The molecule has 104 valence electrons. The number of epoxide rings is 1. The van der Waals surface area contributed by atoms with Gasteiger partial charge < -0.3 is 14.6 Å². The molecule has 5 nitrogen and oxygen atoms in total. The van der Waals surface area contributed by atoms with Gasteiger partial charge >= 0.3 is 11.9 Å². The Balaban J connectivity index is 1.90. The Hall–Kier alpha value is -1.62. The van der Waals surface area contributed by atoms with Crippen LogP contribution in [0.3, 0.4) is 0 Å². The number of allylic oxidation sites excluding steroid dienone is 1. The molecule has 1 saturated heterocycles. The lowest BCUT2D eigenvalue weighted by molar-refractivity contribution is -0.135. The van der Waals surface area contributed by atoms with Gasteiger partial charge in [-0.05, 0) is 32.1 Å². The minimum Gasteiger partial charge on any atom is -0.478 e. The first-order valence-corrected chi connectivity index (χ1v) is 6.57. The molecule has 1 aliphatic carbocycles. The van der Waals surface area contributed by atoms with Crippen LogP contribution in [0.15, 0.2) is 23.0 Å². The minimum atomic E-state index is -1.05. The number of carboxylic acids is 1. The summed E-state index contributed by atoms with van der Waals surface area (Å²) in [5, 5.41) is 9.01. The average molecular weight is 266 g/mol. The molecule has 0 radical (unpaired) electrons. The van der Waals surface area contributed by atoms with Gasteiger partial charge in [-0.1, -0.05) is 12.5 Å². The molecule has 1 heterocycles. The van der Waals surface area contributed by atoms with Gasteiger partial charge in [0.05, 0.1) is 18.3 Å². The summed E-state index contributed by atoms with van der Waals surface area (Å²) in [7, 11) is 0. The molecule has 2 aliphatic rings. The molecule has 0 amide bonds. The zero-order valence-corrected chi connectivity index (χ0v) is 11.0. The monoisotopic (exact) mass is 266 g/mol. The normalized spacial score (nSPS) is 21.9. The fraction of sp³-hybridized carbons (Fsp3) is 0.571. The topological polar surface area (TPSA) is 76.1 Å². The molecule has 0 aromatic heterocycles. The van der Waals surface area contributed by atoms with Crippen molar-refractivity contribution in [2.45, 2.75) is 45.1 Å². The average Bonchev–Trinajstić information content (AvgIpc) is 3.11. The molecule has 1 fully saturated rings. The molecule has 1 N–H and O–H groups in total. The van der Waals surface area contributed by atoms with Crippen LogP contribution in [-0.2, 0) is 19.1 Å². The summed E-state index contributed by atoms with van der Waals surface area (Å²) >= 11 is 0. The van der Waals surface area contributed by atoms with E-state index in [0.29, 0.717) is 25.0 Å². The Labute approximate surface area is 111 Å². The number of rotatable bonds is 7. The van der Waals surface area contributed by atoms with Crippen molar-refractivity contribution in [1.82, 2.24) is 0 Å². The molecule has 0 aromatic rings. The van der Waals surface area contributed by atoms with Gasteiger partial charge in [0.1, 0.15) is 6.26 Å². The quantitative estimate of drug-likeness (QED) is 0.331. The van der Waals surface area contributed by atoms with Crippen molar-refractivity contribution in [3.63, 3.8) is 0 Å². The lowest BCUT2D eigenvalue weighted by atomic mass is 9.87. The van der Waals surface area contributed by atoms with Crippen molar-refractivity contribution in [3.05, 3.63) is 23.0 Å². The molecule has 5 heteroatoms. The maximum atomic E-state index is 11.7. The summed E-state index contributed by atoms with van der Waals surface area (Å²) < 4.78 is 10.00. The first-order chi connectivity index (χ1) is 9.11. The van der Waals surface area contributed by atoms with Crippen molar-refractivity contribution < 1.29 is 24.2 Å². The summed E-state index contributed by atoms with van der Waals surface area (Å²) in [5.74, 6) is -1.46. The second kappa shape index (κ2) is 6.02. The van der Waals surface area contributed by atoms with Gasteiger partial charge in [0.25, 0.3) is 0 Å². The second-order valence-corrected chi connectivity index (χ2v) is 4.78. The van der Waals surface area contributed by atoms with Crippen LogP contribution in [0.5, 0.6) is 0 Å². The molecule has 0 bridgehead atoms. The van der Waals surface area contributed by atoms with E-state index in [-0.39, 0.29) is 11.7 Å². The SMILES string of the molecule is CCC1=C(C(=O)OC=C(CCC2CO2)C(=O)O)CC1. The number of carbonyl (C=O) groups excluding carboxylic acids is 1. The Morgan fingerprint density at radius 3 is 2.68 bits per heavy atom. The number of ether oxygens (including phenoxy) is 2. The third kappa shape index (κ3) is 3.67. The molecule has 0 saturated carbocycles. The fourth-order valence-electron chi connectivity index (χ4n) is 2.03. The van der Waals surface area contributed by atoms with Crippen LogP contribution < -0.4 is 0 Å². The highest BCUT2D eigenvalue weighted by atomic mass is 16.6. The highest BCUT2D eigenvalue weighted by Crippen LogP contribution is 2.31. The summed E-state index contributed by atoms with van der Waals surface area (Å²) in [4.78, 5) is 22.7. The van der Waals surface area contributed by atoms with Crippen molar-refractivity contribution in [2.24, 2.45) is 0 Å². The van der Waals surface area contributed by atoms with E-state index >= 15 is 0 Å². The van der Waals surface area contributed by atoms with Gasteiger partial charge in [-0.3, -0.25) is 0 Å². The first-order valence-electron chi connectivity index (χ1n) is 6.57. The highest BCUT2D eigenvalue weighted by Gasteiger charge is 2.25. The van der Waals surface area contributed by atoms with Crippen molar-refractivity contribution >= 4 is 11.9 Å². The predicted octanol–water partition coefficient (Wildman–Crippen LogP) is 2.18. The molecule has 0 aromatic carbocycles. The van der Waals surface area contributed by atoms with E-state index < -0.39 is 11.9 Å². The Kier molecular flexibility index (Phi) is 4.37. The number of hydrogen-bond donors (Lipinski definition) is 1. The standard InChI is InChI=1S/C14H18O5/c1-2-9-4-6-12(9)14(17)19-7-10(13(15)16)3-5-11-8-18-11/h7,11H,2-6,8H2,1H3,(H,15,16). The minimum absolute atomic E-state index is 0.113. The van der Waals surface area contributed by atoms with Crippen LogP contribution in [0, 0.1) is 0 Å². The Morgan fingerprint density at radius 2 is 2.21 bits per heavy atom. The molecular weight excluding hydrogens is 248 g/mol. The number of carbonyl (C=O) groups is 2.